The fourth-order valence-corrected chi connectivity index (χ4v) is 5.03. The number of benzene rings is 1. The molecule has 1 aliphatic heterocycles. The fraction of sp³-hybridized carbons (Fsp3) is 0.321. The summed E-state index contributed by atoms with van der Waals surface area (Å²) in [4.78, 5) is 18.3. The summed E-state index contributed by atoms with van der Waals surface area (Å²) < 4.78 is 46.8. The van der Waals surface area contributed by atoms with E-state index in [4.69, 9.17) is 26.3 Å². The Balaban J connectivity index is 1.06. The first-order valence-electron chi connectivity index (χ1n) is 13.1. The molecule has 1 aromatic carbocycles. The largest absolute Gasteiger partial charge is 0.474 e. The average Bonchev–Trinajstić information content (AvgIpc) is 3.57. The third-order valence-corrected chi connectivity index (χ3v) is 7.35. The zero-order valence-corrected chi connectivity index (χ0v) is 22.8. The Morgan fingerprint density at radius 1 is 1.05 bits per heavy atom. The van der Waals surface area contributed by atoms with Gasteiger partial charge >= 0.3 is 6.18 Å². The summed E-state index contributed by atoms with van der Waals surface area (Å²) in [5, 5.41) is 7.52. The van der Waals surface area contributed by atoms with Crippen LogP contribution in [0.15, 0.2) is 54.7 Å². The SMILES string of the molecule is Cn1c(CN2CCC(Oc3cccc(Cc4ccc(Cl)cc4)n3)CC2)nc2cc(-c3nnc(C(F)(F)F)[nH]3)cnc21. The van der Waals surface area contributed by atoms with Gasteiger partial charge in [0.2, 0.25) is 11.7 Å². The van der Waals surface area contributed by atoms with E-state index in [2.05, 4.69) is 25.1 Å². The van der Waals surface area contributed by atoms with Gasteiger partial charge in [-0.2, -0.15) is 13.2 Å². The molecule has 0 unspecified atom stereocenters. The van der Waals surface area contributed by atoms with Crippen molar-refractivity contribution in [3.63, 3.8) is 0 Å². The van der Waals surface area contributed by atoms with E-state index in [0.717, 1.165) is 43.0 Å². The van der Waals surface area contributed by atoms with Crippen molar-refractivity contribution in [1.29, 1.82) is 0 Å². The molecule has 5 aromatic rings. The summed E-state index contributed by atoms with van der Waals surface area (Å²) in [5.41, 5.74) is 3.67. The molecule has 1 saturated heterocycles. The van der Waals surface area contributed by atoms with Crippen LogP contribution in [0.1, 0.15) is 35.7 Å². The molecule has 0 spiro atoms. The Bertz CT molecular complexity index is 1660. The van der Waals surface area contributed by atoms with Crippen LogP contribution in [-0.2, 0) is 26.2 Å². The molecule has 1 N–H and O–H groups in total. The minimum absolute atomic E-state index is 0.00833. The molecular formula is C28H26ClF3N8O. The lowest BCUT2D eigenvalue weighted by Gasteiger charge is -2.31. The lowest BCUT2D eigenvalue weighted by Crippen LogP contribution is -2.38. The number of aromatic amines is 1. The molecule has 0 saturated carbocycles. The van der Waals surface area contributed by atoms with Gasteiger partial charge in [0.1, 0.15) is 17.4 Å². The highest BCUT2D eigenvalue weighted by atomic mass is 35.5. The Morgan fingerprint density at radius 2 is 1.83 bits per heavy atom. The van der Waals surface area contributed by atoms with Crippen molar-refractivity contribution in [3.05, 3.63) is 82.7 Å². The number of aromatic nitrogens is 7. The molecule has 4 aromatic heterocycles. The zero-order chi connectivity index (χ0) is 28.6. The van der Waals surface area contributed by atoms with Crippen molar-refractivity contribution < 1.29 is 17.9 Å². The molecule has 0 radical (unpaired) electrons. The summed E-state index contributed by atoms with van der Waals surface area (Å²) in [6.45, 7) is 2.27. The van der Waals surface area contributed by atoms with Crippen molar-refractivity contribution >= 4 is 22.8 Å². The number of rotatable bonds is 7. The van der Waals surface area contributed by atoms with Gasteiger partial charge in [0.15, 0.2) is 11.5 Å². The first kappa shape index (κ1) is 27.2. The quantitative estimate of drug-likeness (QED) is 0.272. The Hall–Kier alpha value is -4.03. The number of imidazole rings is 1. The summed E-state index contributed by atoms with van der Waals surface area (Å²) >= 11 is 5.99. The highest BCUT2D eigenvalue weighted by Crippen LogP contribution is 2.28. The van der Waals surface area contributed by atoms with Crippen molar-refractivity contribution in [3.8, 4) is 17.3 Å². The molecule has 13 heteroatoms. The monoisotopic (exact) mass is 582 g/mol. The van der Waals surface area contributed by atoms with E-state index in [9.17, 15) is 13.2 Å². The molecule has 9 nitrogen and oxygen atoms in total. The third-order valence-electron chi connectivity index (χ3n) is 7.10. The molecule has 0 atom stereocenters. The number of hydrogen-bond donors (Lipinski definition) is 1. The zero-order valence-electron chi connectivity index (χ0n) is 22.1. The molecular weight excluding hydrogens is 557 g/mol. The topological polar surface area (TPSA) is 97.6 Å². The number of alkyl halides is 3. The van der Waals surface area contributed by atoms with E-state index in [1.165, 1.54) is 6.20 Å². The number of ether oxygens (including phenoxy) is 1. The van der Waals surface area contributed by atoms with Crippen LogP contribution >= 0.6 is 11.6 Å². The number of halogens is 4. The first-order chi connectivity index (χ1) is 19.7. The maximum absolute atomic E-state index is 12.9. The molecule has 0 aliphatic carbocycles. The van der Waals surface area contributed by atoms with E-state index in [-0.39, 0.29) is 11.9 Å². The maximum Gasteiger partial charge on any atom is 0.451 e. The summed E-state index contributed by atoms with van der Waals surface area (Å²) in [5.74, 6) is 0.282. The highest BCUT2D eigenvalue weighted by molar-refractivity contribution is 6.30. The van der Waals surface area contributed by atoms with Gasteiger partial charge in [0.05, 0.1) is 6.54 Å². The second-order valence-electron chi connectivity index (χ2n) is 10.0. The van der Waals surface area contributed by atoms with Gasteiger partial charge in [0.25, 0.3) is 0 Å². The van der Waals surface area contributed by atoms with Gasteiger partial charge in [-0.3, -0.25) is 4.90 Å². The number of nitrogens with zero attached hydrogens (tertiary/aromatic N) is 7. The van der Waals surface area contributed by atoms with Crippen molar-refractivity contribution in [1.82, 2.24) is 39.6 Å². The van der Waals surface area contributed by atoms with E-state index >= 15 is 0 Å². The minimum Gasteiger partial charge on any atom is -0.474 e. The van der Waals surface area contributed by atoms with Gasteiger partial charge < -0.3 is 14.3 Å². The first-order valence-corrected chi connectivity index (χ1v) is 13.5. The Morgan fingerprint density at radius 3 is 2.56 bits per heavy atom. The summed E-state index contributed by atoms with van der Waals surface area (Å²) in [7, 11) is 1.88. The van der Waals surface area contributed by atoms with Crippen molar-refractivity contribution in [2.45, 2.75) is 38.1 Å². The van der Waals surface area contributed by atoms with Crippen molar-refractivity contribution in [2.24, 2.45) is 7.05 Å². The van der Waals surface area contributed by atoms with Crippen LogP contribution in [-0.4, -0.2) is 58.8 Å². The number of aryl methyl sites for hydroxylation is 1. The standard InChI is InChI=1S/C28H26ClF3N8O/c1-39-23(35-22-14-18(15-33-26(22)39)25-36-27(38-37-25)28(30,31)32)16-40-11-9-21(10-12-40)41-24-4-2-3-20(34-24)13-17-5-7-19(29)8-6-17/h2-8,14-15,21H,9-13,16H2,1H3,(H,36,37,38). The van der Waals surface area contributed by atoms with Gasteiger partial charge in [-0.1, -0.05) is 29.8 Å². The van der Waals surface area contributed by atoms with Crippen LogP contribution in [0.4, 0.5) is 13.2 Å². The molecule has 1 aliphatic rings. The number of likely N-dealkylation sites (tertiary alicyclic amines) is 1. The van der Waals surface area contributed by atoms with E-state index in [1.807, 2.05) is 54.1 Å². The second kappa shape index (κ2) is 11.1. The molecule has 0 amide bonds. The lowest BCUT2D eigenvalue weighted by molar-refractivity contribution is -0.144. The van der Waals surface area contributed by atoms with Crippen LogP contribution in [0.3, 0.4) is 0 Å². The molecule has 6 rings (SSSR count). The normalized spacial score (nSPS) is 15.0. The Kier molecular flexibility index (Phi) is 7.35. The summed E-state index contributed by atoms with van der Waals surface area (Å²) in [6.07, 6.45) is -0.662. The van der Waals surface area contributed by atoms with Crippen LogP contribution in [0.25, 0.3) is 22.6 Å². The molecule has 1 fully saturated rings. The fourth-order valence-electron chi connectivity index (χ4n) is 4.90. The summed E-state index contributed by atoms with van der Waals surface area (Å²) in [6, 6.07) is 15.3. The second-order valence-corrected chi connectivity index (χ2v) is 10.5. The minimum atomic E-state index is -4.60. The number of H-pyrrole nitrogens is 1. The van der Waals surface area contributed by atoms with Gasteiger partial charge in [-0.25, -0.2) is 15.0 Å². The van der Waals surface area contributed by atoms with Crippen LogP contribution < -0.4 is 4.74 Å². The smallest absolute Gasteiger partial charge is 0.451 e. The molecule has 41 heavy (non-hydrogen) atoms. The van der Waals surface area contributed by atoms with Crippen molar-refractivity contribution in [2.75, 3.05) is 13.1 Å². The van der Waals surface area contributed by atoms with E-state index in [0.29, 0.717) is 40.6 Å². The van der Waals surface area contributed by atoms with Crippen LogP contribution in [0, 0.1) is 0 Å². The highest BCUT2D eigenvalue weighted by Gasteiger charge is 2.35. The molecule has 0 bridgehead atoms. The van der Waals surface area contributed by atoms with E-state index in [1.54, 1.807) is 6.07 Å². The predicted octanol–water partition coefficient (Wildman–Crippen LogP) is 5.45. The predicted molar refractivity (Wildman–Crippen MR) is 146 cm³/mol. The number of fused-ring (bicyclic) bond motifs is 1. The average molecular weight is 583 g/mol. The Labute approximate surface area is 238 Å². The van der Waals surface area contributed by atoms with Gasteiger partial charge in [-0.15, -0.1) is 10.2 Å². The van der Waals surface area contributed by atoms with Gasteiger partial charge in [0, 0.05) is 55.1 Å². The van der Waals surface area contributed by atoms with Crippen LogP contribution in [0.5, 0.6) is 5.88 Å². The van der Waals surface area contributed by atoms with E-state index < -0.39 is 12.0 Å². The molecule has 5 heterocycles. The van der Waals surface area contributed by atoms with Gasteiger partial charge in [-0.05, 0) is 42.7 Å². The van der Waals surface area contributed by atoms with Crippen LogP contribution in [0.2, 0.25) is 5.02 Å². The third kappa shape index (κ3) is 6.18. The number of pyridine rings is 2. The number of hydrogen-bond acceptors (Lipinski definition) is 7. The number of piperidine rings is 1. The lowest BCUT2D eigenvalue weighted by atomic mass is 10.1. The molecule has 212 valence electrons. The maximum atomic E-state index is 12.9. The number of nitrogens with one attached hydrogen (secondary N) is 1.